The number of aromatic nitrogens is 1. The van der Waals surface area contributed by atoms with Crippen LogP contribution in [0.4, 0.5) is 36.1 Å². The van der Waals surface area contributed by atoms with Gasteiger partial charge in [0, 0.05) is 35.3 Å². The standard InChI is InChI=1S/C26H22F3N3O4S/c1-16-31(19-8-6-18(27)7-9-19)22-10-17(23(33)12-26(2)14-37(34,35)15-26)13-30-24(22)32(16)20-4-3-5-21(11-20)36-25(28)29/h3-11,13,25H,1,12,14-15H2,2H3. The van der Waals surface area contributed by atoms with E-state index in [-0.39, 0.29) is 35.0 Å². The van der Waals surface area contributed by atoms with E-state index in [0.717, 1.165) is 0 Å². The number of benzene rings is 2. The van der Waals surface area contributed by atoms with Crippen molar-refractivity contribution in [2.24, 2.45) is 5.41 Å². The number of rotatable bonds is 7. The van der Waals surface area contributed by atoms with Crippen molar-refractivity contribution in [3.05, 3.63) is 84.6 Å². The number of anilines is 4. The fourth-order valence-corrected chi connectivity index (χ4v) is 7.10. The Kier molecular flexibility index (Phi) is 5.98. The summed E-state index contributed by atoms with van der Waals surface area (Å²) in [6.45, 7) is 2.91. The van der Waals surface area contributed by atoms with E-state index in [0.29, 0.717) is 28.7 Å². The molecule has 0 unspecified atom stereocenters. The fraction of sp³-hybridized carbons (Fsp3) is 0.231. The maximum Gasteiger partial charge on any atom is 0.387 e. The summed E-state index contributed by atoms with van der Waals surface area (Å²) in [5.41, 5.74) is 1.09. The van der Waals surface area contributed by atoms with E-state index in [1.54, 1.807) is 47.1 Å². The molecule has 0 atom stereocenters. The van der Waals surface area contributed by atoms with Crippen LogP contribution in [0, 0.1) is 11.2 Å². The van der Waals surface area contributed by atoms with Crippen LogP contribution in [0.3, 0.4) is 0 Å². The third-order valence-electron chi connectivity index (χ3n) is 6.25. The Balaban J connectivity index is 1.55. The highest BCUT2D eigenvalue weighted by atomic mass is 32.2. The lowest BCUT2D eigenvalue weighted by atomic mass is 9.86. The quantitative estimate of drug-likeness (QED) is 0.369. The third-order valence-corrected chi connectivity index (χ3v) is 8.52. The Bertz CT molecular complexity index is 1500. The zero-order valence-corrected chi connectivity index (χ0v) is 20.5. The van der Waals surface area contributed by atoms with Gasteiger partial charge in [-0.2, -0.15) is 8.78 Å². The Morgan fingerprint density at radius 1 is 1.11 bits per heavy atom. The molecule has 7 nitrogen and oxygen atoms in total. The molecular formula is C26H22F3N3O4S. The smallest absolute Gasteiger partial charge is 0.387 e. The molecule has 1 aromatic heterocycles. The van der Waals surface area contributed by atoms with E-state index in [9.17, 15) is 26.4 Å². The van der Waals surface area contributed by atoms with Crippen LogP contribution < -0.4 is 14.5 Å². The van der Waals surface area contributed by atoms with E-state index in [1.165, 1.54) is 30.5 Å². The molecule has 0 aliphatic carbocycles. The van der Waals surface area contributed by atoms with Crippen LogP contribution in [0.25, 0.3) is 0 Å². The highest BCUT2D eigenvalue weighted by molar-refractivity contribution is 7.92. The molecule has 11 heteroatoms. The summed E-state index contributed by atoms with van der Waals surface area (Å²) in [7, 11) is -3.11. The number of pyridine rings is 1. The van der Waals surface area contributed by atoms with Crippen molar-refractivity contribution >= 4 is 38.5 Å². The van der Waals surface area contributed by atoms with Gasteiger partial charge in [-0.1, -0.05) is 19.6 Å². The number of fused-ring (bicyclic) bond motifs is 1. The maximum atomic E-state index is 13.7. The van der Waals surface area contributed by atoms with E-state index in [2.05, 4.69) is 16.3 Å². The van der Waals surface area contributed by atoms with Gasteiger partial charge in [-0.15, -0.1) is 0 Å². The van der Waals surface area contributed by atoms with Gasteiger partial charge in [-0.05, 0) is 42.5 Å². The number of carbonyl (C=O) groups is 1. The fourth-order valence-electron chi connectivity index (χ4n) is 4.86. The summed E-state index contributed by atoms with van der Waals surface area (Å²) in [4.78, 5) is 20.9. The average Bonchev–Trinajstić information content (AvgIpc) is 3.08. The predicted molar refractivity (Wildman–Crippen MR) is 133 cm³/mol. The SMILES string of the molecule is C=C1N(c2ccc(F)cc2)c2cc(C(=O)CC3(C)CS(=O)(=O)C3)cnc2N1c1cccc(OC(F)F)c1. The van der Waals surface area contributed by atoms with Crippen LogP contribution in [0.1, 0.15) is 23.7 Å². The van der Waals surface area contributed by atoms with Gasteiger partial charge in [0.15, 0.2) is 21.4 Å². The number of ether oxygens (including phenoxy) is 1. The number of sulfone groups is 1. The molecule has 37 heavy (non-hydrogen) atoms. The van der Waals surface area contributed by atoms with Gasteiger partial charge in [0.1, 0.15) is 17.4 Å². The Morgan fingerprint density at radius 2 is 1.81 bits per heavy atom. The molecule has 1 saturated heterocycles. The summed E-state index contributed by atoms with van der Waals surface area (Å²) >= 11 is 0. The van der Waals surface area contributed by atoms with Gasteiger partial charge in [0.25, 0.3) is 0 Å². The van der Waals surface area contributed by atoms with E-state index in [1.807, 2.05) is 0 Å². The van der Waals surface area contributed by atoms with Crippen molar-refractivity contribution in [3.63, 3.8) is 0 Å². The predicted octanol–water partition coefficient (Wildman–Crippen LogP) is 5.59. The third kappa shape index (κ3) is 4.78. The second-order valence-corrected chi connectivity index (χ2v) is 11.5. The molecule has 0 saturated carbocycles. The molecule has 5 rings (SSSR count). The Labute approximate surface area is 211 Å². The second kappa shape index (κ2) is 8.91. The van der Waals surface area contributed by atoms with Crippen LogP contribution >= 0.6 is 0 Å². The Morgan fingerprint density at radius 3 is 2.46 bits per heavy atom. The molecule has 192 valence electrons. The summed E-state index contributed by atoms with van der Waals surface area (Å²) < 4.78 is 67.1. The number of carbonyl (C=O) groups excluding carboxylic acids is 1. The molecule has 0 spiro atoms. The lowest BCUT2D eigenvalue weighted by Gasteiger charge is -2.37. The minimum Gasteiger partial charge on any atom is -0.435 e. The number of alkyl halides is 2. The van der Waals surface area contributed by atoms with E-state index in [4.69, 9.17) is 0 Å². The van der Waals surface area contributed by atoms with Crippen LogP contribution in [0.2, 0.25) is 0 Å². The van der Waals surface area contributed by atoms with Gasteiger partial charge in [0.2, 0.25) is 0 Å². The number of halogens is 3. The van der Waals surface area contributed by atoms with Crippen LogP contribution in [0.15, 0.2) is 73.2 Å². The second-order valence-electron chi connectivity index (χ2n) is 9.45. The molecule has 0 N–H and O–H groups in total. The molecule has 1 fully saturated rings. The lowest BCUT2D eigenvalue weighted by molar-refractivity contribution is -0.0498. The molecule has 0 amide bonds. The van der Waals surface area contributed by atoms with Crippen molar-refractivity contribution in [2.75, 3.05) is 21.3 Å². The molecule has 0 radical (unpaired) electrons. The molecule has 0 bridgehead atoms. The molecule has 2 aromatic carbocycles. The Hall–Kier alpha value is -3.86. The summed E-state index contributed by atoms with van der Waals surface area (Å²) in [6.07, 6.45) is 1.44. The van der Waals surface area contributed by atoms with Gasteiger partial charge >= 0.3 is 6.61 Å². The monoisotopic (exact) mass is 529 g/mol. The van der Waals surface area contributed by atoms with Gasteiger partial charge in [-0.3, -0.25) is 14.6 Å². The topological polar surface area (TPSA) is 79.8 Å². The van der Waals surface area contributed by atoms with Crippen molar-refractivity contribution in [3.8, 4) is 5.75 Å². The van der Waals surface area contributed by atoms with Crippen molar-refractivity contribution in [2.45, 2.75) is 20.0 Å². The van der Waals surface area contributed by atoms with Crippen molar-refractivity contribution < 1.29 is 31.1 Å². The zero-order valence-electron chi connectivity index (χ0n) is 19.7. The molecular weight excluding hydrogens is 507 g/mol. The number of hydrogen-bond donors (Lipinski definition) is 0. The summed E-state index contributed by atoms with van der Waals surface area (Å²) in [6, 6.07) is 13.3. The van der Waals surface area contributed by atoms with Gasteiger partial charge in [-0.25, -0.2) is 17.8 Å². The van der Waals surface area contributed by atoms with Gasteiger partial charge in [0.05, 0.1) is 22.9 Å². The van der Waals surface area contributed by atoms with Crippen LogP contribution in [-0.4, -0.2) is 37.3 Å². The minimum absolute atomic E-state index is 0.0426. The average molecular weight is 530 g/mol. The summed E-state index contributed by atoms with van der Waals surface area (Å²) in [5, 5.41) is 0. The highest BCUT2D eigenvalue weighted by Gasteiger charge is 2.46. The minimum atomic E-state index is -3.11. The lowest BCUT2D eigenvalue weighted by Crippen LogP contribution is -2.47. The van der Waals surface area contributed by atoms with Crippen molar-refractivity contribution in [1.82, 2.24) is 4.98 Å². The highest BCUT2D eigenvalue weighted by Crippen LogP contribution is 2.49. The molecule has 2 aliphatic rings. The van der Waals surface area contributed by atoms with Gasteiger partial charge < -0.3 is 4.74 Å². The number of ketones is 1. The van der Waals surface area contributed by atoms with E-state index >= 15 is 0 Å². The summed E-state index contributed by atoms with van der Waals surface area (Å²) in [5.74, 6) is -0.114. The number of hydrogen-bond acceptors (Lipinski definition) is 7. The van der Waals surface area contributed by atoms with Crippen molar-refractivity contribution in [1.29, 1.82) is 0 Å². The maximum absolute atomic E-state index is 13.7. The largest absolute Gasteiger partial charge is 0.435 e. The molecule has 3 aromatic rings. The van der Waals surface area contributed by atoms with Crippen LogP contribution in [-0.2, 0) is 9.84 Å². The number of Topliss-reactive ketones (excluding diaryl/α,β-unsaturated/α-hetero) is 1. The molecule has 3 heterocycles. The molecule has 2 aliphatic heterocycles. The first-order chi connectivity index (χ1) is 17.4. The zero-order chi connectivity index (χ0) is 26.5. The first-order valence-corrected chi connectivity index (χ1v) is 13.1. The normalized spacial score (nSPS) is 17.5. The van der Waals surface area contributed by atoms with E-state index < -0.39 is 27.7 Å². The first-order valence-electron chi connectivity index (χ1n) is 11.3. The number of nitrogens with zero attached hydrogens (tertiary/aromatic N) is 3. The first kappa shape index (κ1) is 24.8. The van der Waals surface area contributed by atoms with Crippen LogP contribution in [0.5, 0.6) is 5.75 Å².